The second-order valence-electron chi connectivity index (χ2n) is 5.98. The predicted octanol–water partition coefficient (Wildman–Crippen LogP) is 5.53. The molecule has 0 saturated heterocycles. The molecule has 5 heteroatoms. The Morgan fingerprint density at radius 3 is 2.54 bits per heavy atom. The van der Waals surface area contributed by atoms with E-state index in [0.717, 1.165) is 33.5 Å². The van der Waals surface area contributed by atoms with Gasteiger partial charge in [0.1, 0.15) is 0 Å². The van der Waals surface area contributed by atoms with Gasteiger partial charge in [0.2, 0.25) is 0 Å². The summed E-state index contributed by atoms with van der Waals surface area (Å²) >= 11 is 12.1. The maximum atomic E-state index is 6.10. The minimum Gasteiger partial charge on any atom is -0.380 e. The van der Waals surface area contributed by atoms with Gasteiger partial charge in [-0.15, -0.1) is 0 Å². The zero-order valence-electron chi connectivity index (χ0n) is 13.9. The Hall–Kier alpha value is -1.97. The lowest BCUT2D eigenvalue weighted by Gasteiger charge is -2.17. The summed E-state index contributed by atoms with van der Waals surface area (Å²) in [5.74, 6) is 0. The van der Waals surface area contributed by atoms with Crippen LogP contribution in [0.4, 0.5) is 11.4 Å². The van der Waals surface area contributed by atoms with Crippen molar-refractivity contribution in [1.82, 2.24) is 4.98 Å². The maximum Gasteiger partial charge on any atom is 0.0959 e. The van der Waals surface area contributed by atoms with Crippen LogP contribution in [0.25, 0.3) is 10.9 Å². The number of fused-ring (bicyclic) bond motifs is 1. The number of nitrogens with one attached hydrogen (secondary N) is 1. The standard InChI is InChI=1S/C19H19Cl2N3/c1-12-9-17(22-11-13-7-8-15(20)16(21)10-13)14-5-4-6-18(24(2)3)19(14)23-12/h4-10H,11H2,1-3H3,(H,22,23). The predicted molar refractivity (Wildman–Crippen MR) is 105 cm³/mol. The van der Waals surface area contributed by atoms with Crippen LogP contribution >= 0.6 is 23.2 Å². The first kappa shape index (κ1) is 16.9. The first-order valence-electron chi connectivity index (χ1n) is 7.71. The molecule has 0 radical (unpaired) electrons. The average molecular weight is 360 g/mol. The molecule has 124 valence electrons. The van der Waals surface area contributed by atoms with Gasteiger partial charge in [-0.1, -0.05) is 41.4 Å². The van der Waals surface area contributed by atoms with Gasteiger partial charge in [0, 0.05) is 37.4 Å². The lowest BCUT2D eigenvalue weighted by Crippen LogP contribution is -2.10. The molecule has 2 aromatic carbocycles. The van der Waals surface area contributed by atoms with E-state index in [0.29, 0.717) is 16.6 Å². The van der Waals surface area contributed by atoms with Crippen LogP contribution in [0.5, 0.6) is 0 Å². The third-order valence-corrected chi connectivity index (χ3v) is 4.63. The Morgan fingerprint density at radius 2 is 1.83 bits per heavy atom. The Bertz CT molecular complexity index is 891. The molecule has 0 aliphatic heterocycles. The first-order chi connectivity index (χ1) is 11.5. The third-order valence-electron chi connectivity index (χ3n) is 3.90. The molecule has 3 aromatic rings. The molecule has 0 spiro atoms. The SMILES string of the molecule is Cc1cc(NCc2ccc(Cl)c(Cl)c2)c2cccc(N(C)C)c2n1. The molecule has 0 atom stereocenters. The van der Waals surface area contributed by atoms with Crippen molar-refractivity contribution in [2.45, 2.75) is 13.5 Å². The van der Waals surface area contributed by atoms with Crippen molar-refractivity contribution in [3.8, 4) is 0 Å². The van der Waals surface area contributed by atoms with Crippen LogP contribution in [0, 0.1) is 6.92 Å². The number of aryl methyl sites for hydroxylation is 1. The molecule has 3 nitrogen and oxygen atoms in total. The van der Waals surface area contributed by atoms with Crippen molar-refractivity contribution in [1.29, 1.82) is 0 Å². The van der Waals surface area contributed by atoms with E-state index in [4.69, 9.17) is 28.2 Å². The van der Waals surface area contributed by atoms with Crippen LogP contribution in [-0.4, -0.2) is 19.1 Å². The van der Waals surface area contributed by atoms with Gasteiger partial charge < -0.3 is 10.2 Å². The first-order valence-corrected chi connectivity index (χ1v) is 8.47. The van der Waals surface area contributed by atoms with Gasteiger partial charge >= 0.3 is 0 Å². The van der Waals surface area contributed by atoms with E-state index in [1.54, 1.807) is 0 Å². The minimum absolute atomic E-state index is 0.571. The van der Waals surface area contributed by atoms with Crippen molar-refractivity contribution in [2.24, 2.45) is 0 Å². The average Bonchev–Trinajstić information content (AvgIpc) is 2.54. The van der Waals surface area contributed by atoms with Crippen LogP contribution in [0.1, 0.15) is 11.3 Å². The van der Waals surface area contributed by atoms with Gasteiger partial charge in [-0.3, -0.25) is 4.98 Å². The summed E-state index contributed by atoms with van der Waals surface area (Å²) in [6.45, 7) is 2.68. The second-order valence-corrected chi connectivity index (χ2v) is 6.80. The fraction of sp³-hybridized carbons (Fsp3) is 0.211. The quantitative estimate of drug-likeness (QED) is 0.663. The summed E-state index contributed by atoms with van der Waals surface area (Å²) in [5.41, 5.74) is 5.23. The fourth-order valence-electron chi connectivity index (χ4n) is 2.72. The zero-order valence-corrected chi connectivity index (χ0v) is 15.4. The van der Waals surface area contributed by atoms with E-state index in [1.807, 2.05) is 39.2 Å². The van der Waals surface area contributed by atoms with E-state index >= 15 is 0 Å². The van der Waals surface area contributed by atoms with Gasteiger partial charge in [-0.05, 0) is 36.8 Å². The normalized spacial score (nSPS) is 10.9. The van der Waals surface area contributed by atoms with Crippen molar-refractivity contribution in [2.75, 3.05) is 24.3 Å². The number of rotatable bonds is 4. The highest BCUT2D eigenvalue weighted by molar-refractivity contribution is 6.42. The van der Waals surface area contributed by atoms with Crippen molar-refractivity contribution in [3.63, 3.8) is 0 Å². The van der Waals surface area contributed by atoms with Gasteiger partial charge in [0.15, 0.2) is 0 Å². The van der Waals surface area contributed by atoms with Crippen molar-refractivity contribution in [3.05, 3.63) is 63.8 Å². The lowest BCUT2D eigenvalue weighted by atomic mass is 10.1. The number of pyridine rings is 1. The van der Waals surface area contributed by atoms with Crippen LogP contribution < -0.4 is 10.2 Å². The van der Waals surface area contributed by atoms with Crippen LogP contribution in [0.3, 0.4) is 0 Å². The number of para-hydroxylation sites is 1. The molecule has 0 bridgehead atoms. The molecule has 0 aliphatic carbocycles. The van der Waals surface area contributed by atoms with E-state index in [1.165, 1.54) is 0 Å². The molecule has 0 amide bonds. The van der Waals surface area contributed by atoms with E-state index in [9.17, 15) is 0 Å². The van der Waals surface area contributed by atoms with Crippen LogP contribution in [0.15, 0.2) is 42.5 Å². The highest BCUT2D eigenvalue weighted by atomic mass is 35.5. The molecule has 0 unspecified atom stereocenters. The maximum absolute atomic E-state index is 6.10. The Balaban J connectivity index is 1.97. The summed E-state index contributed by atoms with van der Waals surface area (Å²) in [7, 11) is 4.06. The lowest BCUT2D eigenvalue weighted by molar-refractivity contribution is 1.12. The Kier molecular flexibility index (Phi) is 4.83. The van der Waals surface area contributed by atoms with Crippen molar-refractivity contribution >= 4 is 45.5 Å². The van der Waals surface area contributed by atoms with Gasteiger partial charge in [-0.25, -0.2) is 0 Å². The van der Waals surface area contributed by atoms with E-state index in [2.05, 4.69) is 34.5 Å². The molecule has 0 fully saturated rings. The fourth-order valence-corrected chi connectivity index (χ4v) is 3.04. The number of nitrogens with zero attached hydrogens (tertiary/aromatic N) is 2. The molecular formula is C19H19Cl2N3. The zero-order chi connectivity index (χ0) is 17.3. The number of halogens is 2. The summed E-state index contributed by atoms with van der Waals surface area (Å²) in [5, 5.41) is 5.74. The monoisotopic (exact) mass is 359 g/mol. The van der Waals surface area contributed by atoms with Crippen LogP contribution in [-0.2, 0) is 6.54 Å². The topological polar surface area (TPSA) is 28.2 Å². The molecule has 0 aliphatic rings. The molecule has 0 saturated carbocycles. The smallest absolute Gasteiger partial charge is 0.0959 e. The largest absolute Gasteiger partial charge is 0.380 e. The van der Waals surface area contributed by atoms with Gasteiger partial charge in [-0.2, -0.15) is 0 Å². The van der Waals surface area contributed by atoms with Crippen molar-refractivity contribution < 1.29 is 0 Å². The molecule has 1 heterocycles. The van der Waals surface area contributed by atoms with Crippen LogP contribution in [0.2, 0.25) is 10.0 Å². The molecular weight excluding hydrogens is 341 g/mol. The Morgan fingerprint density at radius 1 is 1.04 bits per heavy atom. The third kappa shape index (κ3) is 3.42. The number of anilines is 2. The highest BCUT2D eigenvalue weighted by Crippen LogP contribution is 2.30. The van der Waals surface area contributed by atoms with E-state index in [-0.39, 0.29) is 0 Å². The van der Waals surface area contributed by atoms with E-state index < -0.39 is 0 Å². The second kappa shape index (κ2) is 6.88. The minimum atomic E-state index is 0.571. The van der Waals surface area contributed by atoms with Gasteiger partial charge in [0.25, 0.3) is 0 Å². The number of aromatic nitrogens is 1. The molecule has 3 rings (SSSR count). The number of hydrogen-bond donors (Lipinski definition) is 1. The number of hydrogen-bond acceptors (Lipinski definition) is 3. The molecule has 24 heavy (non-hydrogen) atoms. The van der Waals surface area contributed by atoms with Gasteiger partial charge in [0.05, 0.1) is 21.2 Å². The summed E-state index contributed by atoms with van der Waals surface area (Å²) in [6.07, 6.45) is 0. The highest BCUT2D eigenvalue weighted by Gasteiger charge is 2.09. The summed E-state index contributed by atoms with van der Waals surface area (Å²) < 4.78 is 0. The number of benzene rings is 2. The Labute approximate surface area is 152 Å². The summed E-state index contributed by atoms with van der Waals surface area (Å²) in [6, 6.07) is 14.0. The molecule has 1 N–H and O–H groups in total. The molecule has 1 aromatic heterocycles. The summed E-state index contributed by atoms with van der Waals surface area (Å²) in [4.78, 5) is 6.80.